The molecule has 3 rings (SSSR count). The Kier molecular flexibility index (Phi) is 3.89. The van der Waals surface area contributed by atoms with Gasteiger partial charge in [0.1, 0.15) is 0 Å². The van der Waals surface area contributed by atoms with Gasteiger partial charge < -0.3 is 5.32 Å². The Bertz CT molecular complexity index is 798. The van der Waals surface area contributed by atoms with E-state index in [1.165, 1.54) is 6.20 Å². The summed E-state index contributed by atoms with van der Waals surface area (Å²) < 4.78 is 1.63. The van der Waals surface area contributed by atoms with E-state index in [-0.39, 0.29) is 5.91 Å². The van der Waals surface area contributed by atoms with Gasteiger partial charge in [0.25, 0.3) is 5.91 Å². The van der Waals surface area contributed by atoms with Crippen LogP contribution in [0.5, 0.6) is 0 Å². The van der Waals surface area contributed by atoms with Crippen molar-refractivity contribution >= 4 is 23.2 Å². The number of anilines is 1. The lowest BCUT2D eigenvalue weighted by Gasteiger charge is -2.09. The third kappa shape index (κ3) is 2.84. The van der Waals surface area contributed by atoms with Crippen molar-refractivity contribution in [3.8, 4) is 5.82 Å². The number of benzene rings is 1. The number of carbonyl (C=O) groups is 1. The van der Waals surface area contributed by atoms with Gasteiger partial charge in [-0.3, -0.25) is 4.79 Å². The summed E-state index contributed by atoms with van der Waals surface area (Å²) in [7, 11) is 0. The van der Waals surface area contributed by atoms with Crippen molar-refractivity contribution in [1.29, 1.82) is 0 Å². The van der Waals surface area contributed by atoms with E-state index in [1.54, 1.807) is 41.3 Å². The molecule has 0 spiro atoms. The van der Waals surface area contributed by atoms with Crippen LogP contribution >= 0.6 is 11.6 Å². The fourth-order valence-corrected chi connectivity index (χ4v) is 2.17. The molecular formula is C16H13ClN4O. The van der Waals surface area contributed by atoms with Crippen LogP contribution in [0.3, 0.4) is 0 Å². The average molecular weight is 313 g/mol. The number of amides is 1. The van der Waals surface area contributed by atoms with Crippen molar-refractivity contribution in [1.82, 2.24) is 14.8 Å². The first-order chi connectivity index (χ1) is 10.6. The molecule has 0 saturated heterocycles. The van der Waals surface area contributed by atoms with Gasteiger partial charge in [0.15, 0.2) is 5.82 Å². The molecule has 1 amide bonds. The molecule has 22 heavy (non-hydrogen) atoms. The molecule has 2 heterocycles. The number of hydrogen-bond acceptors (Lipinski definition) is 3. The number of carbonyl (C=O) groups excluding carboxylic acids is 1. The Hall–Kier alpha value is -2.66. The maximum atomic E-state index is 12.3. The second-order valence-corrected chi connectivity index (χ2v) is 5.13. The van der Waals surface area contributed by atoms with Gasteiger partial charge in [-0.1, -0.05) is 17.7 Å². The second-order valence-electron chi connectivity index (χ2n) is 4.72. The Labute approximate surface area is 132 Å². The van der Waals surface area contributed by atoms with Gasteiger partial charge in [-0.25, -0.2) is 9.67 Å². The standard InChI is InChI=1S/C16H13ClN4O/c1-11-13(17)4-2-5-14(11)20-16(22)12-6-7-15(18-10-12)21-9-3-8-19-21/h2-10H,1H3,(H,20,22). The summed E-state index contributed by atoms with van der Waals surface area (Å²) in [6.45, 7) is 1.86. The van der Waals surface area contributed by atoms with E-state index < -0.39 is 0 Å². The van der Waals surface area contributed by atoms with Gasteiger partial charge in [-0.2, -0.15) is 5.10 Å². The van der Waals surface area contributed by atoms with E-state index in [0.717, 1.165) is 5.56 Å². The highest BCUT2D eigenvalue weighted by molar-refractivity contribution is 6.31. The molecular weight excluding hydrogens is 300 g/mol. The number of pyridine rings is 1. The third-order valence-corrected chi connectivity index (χ3v) is 3.67. The lowest BCUT2D eigenvalue weighted by atomic mass is 10.2. The van der Waals surface area contributed by atoms with Gasteiger partial charge in [0, 0.05) is 29.3 Å². The maximum Gasteiger partial charge on any atom is 0.257 e. The summed E-state index contributed by atoms with van der Waals surface area (Å²) in [5.41, 5.74) is 1.99. The molecule has 6 heteroatoms. The molecule has 0 aliphatic carbocycles. The smallest absolute Gasteiger partial charge is 0.257 e. The zero-order chi connectivity index (χ0) is 15.5. The van der Waals surface area contributed by atoms with Gasteiger partial charge in [0.05, 0.1) is 5.56 Å². The number of rotatable bonds is 3. The van der Waals surface area contributed by atoms with E-state index in [2.05, 4.69) is 15.4 Å². The van der Waals surface area contributed by atoms with E-state index in [9.17, 15) is 4.79 Å². The van der Waals surface area contributed by atoms with Gasteiger partial charge in [0.2, 0.25) is 0 Å². The number of aromatic nitrogens is 3. The van der Waals surface area contributed by atoms with E-state index in [4.69, 9.17) is 11.6 Å². The molecule has 2 aromatic heterocycles. The van der Waals surface area contributed by atoms with Gasteiger partial charge in [-0.05, 0) is 42.8 Å². The number of hydrogen-bond donors (Lipinski definition) is 1. The van der Waals surface area contributed by atoms with E-state index >= 15 is 0 Å². The molecule has 3 aromatic rings. The Morgan fingerprint density at radius 2 is 2.09 bits per heavy atom. The summed E-state index contributed by atoms with van der Waals surface area (Å²) in [4.78, 5) is 16.5. The van der Waals surface area contributed by atoms with Crippen LogP contribution < -0.4 is 5.32 Å². The largest absolute Gasteiger partial charge is 0.322 e. The maximum absolute atomic E-state index is 12.3. The molecule has 110 valence electrons. The fourth-order valence-electron chi connectivity index (χ4n) is 2.00. The second kappa shape index (κ2) is 5.99. The molecule has 5 nitrogen and oxygen atoms in total. The van der Waals surface area contributed by atoms with E-state index in [1.807, 2.05) is 19.1 Å². The number of halogens is 1. The SMILES string of the molecule is Cc1c(Cl)cccc1NC(=O)c1ccc(-n2cccn2)nc1. The number of nitrogens with zero attached hydrogens (tertiary/aromatic N) is 3. The molecule has 0 bridgehead atoms. The van der Waals surface area contributed by atoms with Gasteiger partial charge >= 0.3 is 0 Å². The first-order valence-electron chi connectivity index (χ1n) is 6.67. The average Bonchev–Trinajstić information content (AvgIpc) is 3.06. The van der Waals surface area contributed by atoms with E-state index in [0.29, 0.717) is 22.1 Å². The molecule has 0 aliphatic rings. The first-order valence-corrected chi connectivity index (χ1v) is 7.05. The minimum Gasteiger partial charge on any atom is -0.322 e. The van der Waals surface area contributed by atoms with Crippen LogP contribution in [-0.4, -0.2) is 20.7 Å². The lowest BCUT2D eigenvalue weighted by molar-refractivity contribution is 0.102. The van der Waals surface area contributed by atoms with Crippen LogP contribution in [-0.2, 0) is 0 Å². The molecule has 1 aromatic carbocycles. The van der Waals surface area contributed by atoms with Crippen LogP contribution in [0.4, 0.5) is 5.69 Å². The molecule has 1 N–H and O–H groups in total. The zero-order valence-corrected chi connectivity index (χ0v) is 12.6. The van der Waals surface area contributed by atoms with Crippen molar-refractivity contribution < 1.29 is 4.79 Å². The van der Waals surface area contributed by atoms with Crippen LogP contribution in [0, 0.1) is 6.92 Å². The van der Waals surface area contributed by atoms with Crippen molar-refractivity contribution in [2.45, 2.75) is 6.92 Å². The summed E-state index contributed by atoms with van der Waals surface area (Å²) in [5.74, 6) is 0.422. The number of nitrogens with one attached hydrogen (secondary N) is 1. The predicted octanol–water partition coefficient (Wildman–Crippen LogP) is 3.48. The van der Waals surface area contributed by atoms with Crippen molar-refractivity contribution in [3.63, 3.8) is 0 Å². The predicted molar refractivity (Wildman–Crippen MR) is 85.5 cm³/mol. The zero-order valence-electron chi connectivity index (χ0n) is 11.8. The normalized spacial score (nSPS) is 10.5. The summed E-state index contributed by atoms with van der Waals surface area (Å²) in [5, 5.41) is 7.54. The molecule has 0 radical (unpaired) electrons. The third-order valence-electron chi connectivity index (χ3n) is 3.27. The van der Waals surface area contributed by atoms with Crippen LogP contribution in [0.25, 0.3) is 5.82 Å². The Morgan fingerprint density at radius 3 is 2.77 bits per heavy atom. The van der Waals surface area contributed by atoms with Crippen molar-refractivity contribution in [2.75, 3.05) is 5.32 Å². The van der Waals surface area contributed by atoms with Crippen LogP contribution in [0.1, 0.15) is 15.9 Å². The minimum atomic E-state index is -0.232. The monoisotopic (exact) mass is 312 g/mol. The molecule has 0 aliphatic heterocycles. The highest BCUT2D eigenvalue weighted by Crippen LogP contribution is 2.23. The van der Waals surface area contributed by atoms with Crippen molar-refractivity contribution in [3.05, 3.63) is 71.1 Å². The van der Waals surface area contributed by atoms with Crippen LogP contribution in [0.2, 0.25) is 5.02 Å². The first kappa shape index (κ1) is 14.3. The fraction of sp³-hybridized carbons (Fsp3) is 0.0625. The molecule has 0 unspecified atom stereocenters. The van der Waals surface area contributed by atoms with Crippen LogP contribution in [0.15, 0.2) is 55.0 Å². The summed E-state index contributed by atoms with van der Waals surface area (Å²) >= 11 is 6.05. The summed E-state index contributed by atoms with van der Waals surface area (Å²) in [6, 6.07) is 10.7. The quantitative estimate of drug-likeness (QED) is 0.805. The molecule has 0 atom stereocenters. The highest BCUT2D eigenvalue weighted by Gasteiger charge is 2.10. The topological polar surface area (TPSA) is 59.8 Å². The summed E-state index contributed by atoms with van der Waals surface area (Å²) in [6.07, 6.45) is 4.98. The molecule has 0 saturated carbocycles. The molecule has 0 fully saturated rings. The Morgan fingerprint density at radius 1 is 1.23 bits per heavy atom. The van der Waals surface area contributed by atoms with Crippen molar-refractivity contribution in [2.24, 2.45) is 0 Å². The highest BCUT2D eigenvalue weighted by atomic mass is 35.5. The minimum absolute atomic E-state index is 0.232. The Balaban J connectivity index is 1.79. The van der Waals surface area contributed by atoms with Gasteiger partial charge in [-0.15, -0.1) is 0 Å². The lowest BCUT2D eigenvalue weighted by Crippen LogP contribution is -2.13.